The first-order valence-corrected chi connectivity index (χ1v) is 9.65. The molecule has 2 N–H and O–H groups in total. The molecule has 4 atom stereocenters. The molecule has 5 rings (SSSR count). The van der Waals surface area contributed by atoms with Crippen molar-refractivity contribution in [2.24, 2.45) is 0 Å². The second kappa shape index (κ2) is 6.98. The molecule has 2 aliphatic heterocycles. The average molecular weight is 380 g/mol. The number of aromatic hydroxyl groups is 1. The normalized spacial score (nSPS) is 26.9. The Morgan fingerprint density at radius 2 is 2.04 bits per heavy atom. The summed E-state index contributed by atoms with van der Waals surface area (Å²) in [5, 5.41) is 23.8. The summed E-state index contributed by atoms with van der Waals surface area (Å²) in [5.41, 5.74) is 1.11. The molecular weight excluding hydrogens is 359 g/mol. The van der Waals surface area contributed by atoms with Crippen LogP contribution >= 0.6 is 0 Å². The maximum Gasteiger partial charge on any atom is 0.233 e. The summed E-state index contributed by atoms with van der Waals surface area (Å²) in [5.74, 6) is 0.416. The monoisotopic (exact) mass is 380 g/mol. The van der Waals surface area contributed by atoms with Gasteiger partial charge in [0.2, 0.25) is 5.88 Å². The molecule has 0 saturated carbocycles. The number of phenolic OH excluding ortho intramolecular Hbond substituents is 1. The van der Waals surface area contributed by atoms with Gasteiger partial charge >= 0.3 is 0 Å². The van der Waals surface area contributed by atoms with Gasteiger partial charge in [-0.2, -0.15) is 0 Å². The molecule has 2 aromatic heterocycles. The lowest BCUT2D eigenvalue weighted by Crippen LogP contribution is -2.59. The van der Waals surface area contributed by atoms with Crippen molar-refractivity contribution in [3.05, 3.63) is 42.7 Å². The number of benzene rings is 1. The molecule has 2 bridgehead atoms. The number of hydrogen-bond acceptors (Lipinski definition) is 6. The van der Waals surface area contributed by atoms with E-state index < -0.39 is 12.3 Å². The highest BCUT2D eigenvalue weighted by Crippen LogP contribution is 2.33. The lowest BCUT2D eigenvalue weighted by molar-refractivity contribution is 0.00652. The van der Waals surface area contributed by atoms with Crippen LogP contribution < -0.4 is 10.1 Å². The first kappa shape index (κ1) is 17.3. The zero-order valence-electron chi connectivity index (χ0n) is 15.3. The van der Waals surface area contributed by atoms with Crippen molar-refractivity contribution in [3.8, 4) is 22.9 Å². The fourth-order valence-corrected chi connectivity index (χ4v) is 4.28. The predicted octanol–water partition coefficient (Wildman–Crippen LogP) is 3.40. The standard InChI is InChI=1S/C21H21FN4O2/c22-21-17-3-1-2-14(24-17)10-19(21)28-20-5-4-16(25-26-20)15-8-12-6-7-23-11-13(12)9-18(15)27/h4-9,11,14,17,19,21,24,27H,1-3,10H2/t14-,17+,19-,21+/m1/s1. The molecule has 0 aliphatic carbocycles. The number of hydrogen-bond donors (Lipinski definition) is 2. The Kier molecular flexibility index (Phi) is 4.31. The number of rotatable bonds is 3. The Balaban J connectivity index is 1.37. The summed E-state index contributed by atoms with van der Waals surface area (Å²) in [6.07, 6.45) is 5.46. The van der Waals surface area contributed by atoms with E-state index >= 15 is 0 Å². The van der Waals surface area contributed by atoms with E-state index in [-0.39, 0.29) is 11.8 Å². The molecule has 144 valence electrons. The second-order valence-corrected chi connectivity index (χ2v) is 7.59. The topological polar surface area (TPSA) is 80.2 Å². The van der Waals surface area contributed by atoms with E-state index in [2.05, 4.69) is 20.5 Å². The van der Waals surface area contributed by atoms with E-state index in [1.807, 2.05) is 12.1 Å². The quantitative estimate of drug-likeness (QED) is 0.725. The molecule has 3 aromatic rings. The van der Waals surface area contributed by atoms with Gasteiger partial charge in [0.25, 0.3) is 0 Å². The third-order valence-electron chi connectivity index (χ3n) is 5.72. The van der Waals surface area contributed by atoms with Crippen molar-refractivity contribution in [2.75, 3.05) is 0 Å². The highest BCUT2D eigenvalue weighted by molar-refractivity contribution is 5.89. The molecule has 6 nitrogen and oxygen atoms in total. The van der Waals surface area contributed by atoms with Gasteiger partial charge in [-0.25, -0.2) is 4.39 Å². The smallest absolute Gasteiger partial charge is 0.233 e. The minimum Gasteiger partial charge on any atom is -0.507 e. The lowest BCUT2D eigenvalue weighted by Gasteiger charge is -2.42. The molecule has 0 radical (unpaired) electrons. The van der Waals surface area contributed by atoms with Crippen molar-refractivity contribution in [2.45, 2.75) is 50.0 Å². The Labute approximate surface area is 161 Å². The van der Waals surface area contributed by atoms with Gasteiger partial charge in [0.1, 0.15) is 11.9 Å². The van der Waals surface area contributed by atoms with Crippen LogP contribution in [0.5, 0.6) is 11.6 Å². The Morgan fingerprint density at radius 1 is 1.11 bits per heavy atom. The van der Waals surface area contributed by atoms with Crippen molar-refractivity contribution in [1.29, 1.82) is 0 Å². The molecule has 0 unspecified atom stereocenters. The number of piperidine rings is 2. The molecular formula is C21H21FN4O2. The van der Waals surface area contributed by atoms with Gasteiger partial charge in [-0.15, -0.1) is 10.2 Å². The van der Waals surface area contributed by atoms with Gasteiger partial charge in [0.15, 0.2) is 6.17 Å². The number of fused-ring (bicyclic) bond motifs is 3. The molecule has 28 heavy (non-hydrogen) atoms. The average Bonchev–Trinajstić information content (AvgIpc) is 2.72. The molecule has 0 spiro atoms. The van der Waals surface area contributed by atoms with Gasteiger partial charge in [-0.1, -0.05) is 6.42 Å². The van der Waals surface area contributed by atoms with Crippen molar-refractivity contribution >= 4 is 10.8 Å². The fourth-order valence-electron chi connectivity index (χ4n) is 4.28. The Morgan fingerprint density at radius 3 is 2.89 bits per heavy atom. The van der Waals surface area contributed by atoms with Gasteiger partial charge in [-0.3, -0.25) is 4.98 Å². The zero-order valence-corrected chi connectivity index (χ0v) is 15.3. The maximum absolute atomic E-state index is 14.7. The van der Waals surface area contributed by atoms with Crippen LogP contribution in [-0.4, -0.2) is 44.6 Å². The van der Waals surface area contributed by atoms with Crippen LogP contribution in [0.3, 0.4) is 0 Å². The summed E-state index contributed by atoms with van der Waals surface area (Å²) in [4.78, 5) is 4.06. The largest absolute Gasteiger partial charge is 0.507 e. The summed E-state index contributed by atoms with van der Waals surface area (Å²) >= 11 is 0. The predicted molar refractivity (Wildman–Crippen MR) is 103 cm³/mol. The fraction of sp³-hybridized carbons (Fsp3) is 0.381. The molecule has 2 saturated heterocycles. The minimum absolute atomic E-state index is 0.110. The summed E-state index contributed by atoms with van der Waals surface area (Å²) < 4.78 is 20.5. The third-order valence-corrected chi connectivity index (χ3v) is 5.72. The SMILES string of the molecule is Oc1cc2cnccc2cc1-c1ccc(O[C@@H]2C[C@H]3CCC[C@H](N3)[C@@H]2F)nn1. The van der Waals surface area contributed by atoms with Gasteiger partial charge in [0, 0.05) is 47.9 Å². The van der Waals surface area contributed by atoms with Gasteiger partial charge in [-0.05, 0) is 42.5 Å². The van der Waals surface area contributed by atoms with E-state index in [1.165, 1.54) is 0 Å². The number of pyridine rings is 1. The van der Waals surface area contributed by atoms with Crippen LogP contribution in [0.15, 0.2) is 42.7 Å². The number of nitrogens with zero attached hydrogens (tertiary/aromatic N) is 3. The lowest BCUT2D eigenvalue weighted by atomic mass is 9.84. The zero-order chi connectivity index (χ0) is 19.1. The summed E-state index contributed by atoms with van der Waals surface area (Å²) in [7, 11) is 0. The number of halogens is 1. The van der Waals surface area contributed by atoms with Crippen molar-refractivity contribution < 1.29 is 14.2 Å². The van der Waals surface area contributed by atoms with E-state index in [0.29, 0.717) is 29.6 Å². The van der Waals surface area contributed by atoms with E-state index in [4.69, 9.17) is 4.74 Å². The van der Waals surface area contributed by atoms with Crippen LogP contribution in [0.2, 0.25) is 0 Å². The Bertz CT molecular complexity index is 997. The number of aromatic nitrogens is 3. The minimum atomic E-state index is -1.05. The maximum atomic E-state index is 14.7. The van der Waals surface area contributed by atoms with E-state index in [1.54, 1.807) is 30.6 Å². The second-order valence-electron chi connectivity index (χ2n) is 7.59. The highest BCUT2D eigenvalue weighted by Gasteiger charge is 2.41. The van der Waals surface area contributed by atoms with Crippen molar-refractivity contribution in [3.63, 3.8) is 0 Å². The molecule has 4 heterocycles. The molecule has 2 aliphatic rings. The number of phenols is 1. The molecule has 0 amide bonds. The number of nitrogens with one attached hydrogen (secondary N) is 1. The van der Waals surface area contributed by atoms with Gasteiger partial charge < -0.3 is 15.2 Å². The summed E-state index contributed by atoms with van der Waals surface area (Å²) in [6, 6.07) is 8.98. The number of ether oxygens (including phenoxy) is 1. The van der Waals surface area contributed by atoms with Crippen LogP contribution in [0.1, 0.15) is 25.7 Å². The van der Waals surface area contributed by atoms with Crippen LogP contribution in [-0.2, 0) is 0 Å². The molecule has 1 aromatic carbocycles. The Hall–Kier alpha value is -2.80. The molecule has 7 heteroatoms. The van der Waals surface area contributed by atoms with E-state index in [9.17, 15) is 9.50 Å². The number of alkyl halides is 1. The van der Waals surface area contributed by atoms with Crippen LogP contribution in [0.25, 0.3) is 22.0 Å². The first-order chi connectivity index (χ1) is 13.7. The van der Waals surface area contributed by atoms with E-state index in [0.717, 1.165) is 30.0 Å². The third kappa shape index (κ3) is 3.16. The highest BCUT2D eigenvalue weighted by atomic mass is 19.1. The van der Waals surface area contributed by atoms with Gasteiger partial charge in [0.05, 0.1) is 5.69 Å². The molecule has 2 fully saturated rings. The van der Waals surface area contributed by atoms with Crippen LogP contribution in [0, 0.1) is 0 Å². The first-order valence-electron chi connectivity index (χ1n) is 9.65. The van der Waals surface area contributed by atoms with Crippen LogP contribution in [0.4, 0.5) is 4.39 Å². The van der Waals surface area contributed by atoms with Crippen molar-refractivity contribution in [1.82, 2.24) is 20.5 Å². The summed E-state index contributed by atoms with van der Waals surface area (Å²) in [6.45, 7) is 0.